The molecule has 0 atom stereocenters. The van der Waals surface area contributed by atoms with Crippen molar-refractivity contribution < 1.29 is 0 Å². The van der Waals surface area contributed by atoms with Crippen molar-refractivity contribution in [1.29, 1.82) is 0 Å². The van der Waals surface area contributed by atoms with Gasteiger partial charge in [-0.3, -0.25) is 0 Å². The lowest BCUT2D eigenvalue weighted by atomic mass is 9.71. The molecule has 0 aliphatic heterocycles. The van der Waals surface area contributed by atoms with Crippen molar-refractivity contribution in [1.82, 2.24) is 9.80 Å². The molecule has 1 aliphatic rings. The zero-order valence-electron chi connectivity index (χ0n) is 19.1. The molecule has 3 rings (SSSR count). The first-order valence-corrected chi connectivity index (χ1v) is 11.8. The monoisotopic (exact) mass is 392 g/mol. The highest BCUT2D eigenvalue weighted by molar-refractivity contribution is 5.80. The van der Waals surface area contributed by atoms with Crippen LogP contribution in [-0.2, 0) is 5.41 Å². The van der Waals surface area contributed by atoms with Gasteiger partial charge in [0.05, 0.1) is 0 Å². The van der Waals surface area contributed by atoms with Crippen LogP contribution < -0.4 is 0 Å². The highest BCUT2D eigenvalue weighted by Gasteiger charge is 2.41. The number of hydrogen-bond acceptors (Lipinski definition) is 2. The third-order valence-corrected chi connectivity index (χ3v) is 7.12. The van der Waals surface area contributed by atoms with Gasteiger partial charge in [0.1, 0.15) is 0 Å². The van der Waals surface area contributed by atoms with Crippen LogP contribution in [0.1, 0.15) is 64.5 Å². The summed E-state index contributed by atoms with van der Waals surface area (Å²) in [7, 11) is 0. The van der Waals surface area contributed by atoms with Crippen LogP contribution >= 0.6 is 0 Å². The van der Waals surface area contributed by atoms with Crippen molar-refractivity contribution in [3.05, 3.63) is 59.7 Å². The molecule has 0 unspecified atom stereocenters. The van der Waals surface area contributed by atoms with Crippen molar-refractivity contribution in [3.63, 3.8) is 0 Å². The van der Waals surface area contributed by atoms with Gasteiger partial charge in [-0.1, -0.05) is 76.2 Å². The molecule has 0 N–H and O–H groups in total. The van der Waals surface area contributed by atoms with E-state index in [1.165, 1.54) is 49.9 Å². The molecule has 2 aromatic carbocycles. The van der Waals surface area contributed by atoms with Gasteiger partial charge in [0.2, 0.25) is 0 Å². The van der Waals surface area contributed by atoms with Crippen LogP contribution in [0.3, 0.4) is 0 Å². The lowest BCUT2D eigenvalue weighted by Gasteiger charge is -2.34. The predicted molar refractivity (Wildman–Crippen MR) is 127 cm³/mol. The van der Waals surface area contributed by atoms with E-state index < -0.39 is 0 Å². The zero-order chi connectivity index (χ0) is 20.7. The molecule has 2 aromatic rings. The van der Waals surface area contributed by atoms with Crippen molar-refractivity contribution in [2.24, 2.45) is 0 Å². The summed E-state index contributed by atoms with van der Waals surface area (Å²) in [6.07, 6.45) is 5.01. The van der Waals surface area contributed by atoms with E-state index in [9.17, 15) is 0 Å². The second-order valence-corrected chi connectivity index (χ2v) is 8.43. The molecule has 0 saturated heterocycles. The molecule has 0 bridgehead atoms. The lowest BCUT2D eigenvalue weighted by Crippen LogP contribution is -2.31. The second kappa shape index (κ2) is 10.4. The highest BCUT2D eigenvalue weighted by Crippen LogP contribution is 2.53. The molecule has 0 heterocycles. The Kier molecular flexibility index (Phi) is 7.91. The molecule has 158 valence electrons. The van der Waals surface area contributed by atoms with E-state index in [-0.39, 0.29) is 5.41 Å². The average Bonchev–Trinajstić information content (AvgIpc) is 3.05. The van der Waals surface area contributed by atoms with Crippen molar-refractivity contribution in [3.8, 4) is 11.1 Å². The Morgan fingerprint density at radius 3 is 1.34 bits per heavy atom. The number of rotatable bonds is 12. The standard InChI is InChI=1S/C27H40N2/c1-5-28(6-2)21-13-19-27(20-14-22-29(7-3)8-4)25-17-11-9-15-23(25)24-16-10-12-18-26(24)27/h9-12,15-18H,5-8,13-14,19-22H2,1-4H3. The maximum Gasteiger partial charge on any atom is 0.0216 e. The minimum absolute atomic E-state index is 0.174. The molecule has 0 amide bonds. The fraction of sp³-hybridized carbons (Fsp3) is 0.556. The molecule has 0 saturated carbocycles. The van der Waals surface area contributed by atoms with Gasteiger partial charge < -0.3 is 9.80 Å². The summed E-state index contributed by atoms with van der Waals surface area (Å²) in [4.78, 5) is 5.13. The van der Waals surface area contributed by atoms with E-state index in [1.54, 1.807) is 11.1 Å². The number of benzene rings is 2. The van der Waals surface area contributed by atoms with E-state index >= 15 is 0 Å². The quantitative estimate of drug-likeness (QED) is 0.424. The van der Waals surface area contributed by atoms with Crippen LogP contribution in [0.2, 0.25) is 0 Å². The fourth-order valence-electron chi connectivity index (χ4n) is 5.37. The van der Waals surface area contributed by atoms with Crippen LogP contribution in [0, 0.1) is 0 Å². The molecular formula is C27H40N2. The normalized spacial score (nSPS) is 14.4. The Morgan fingerprint density at radius 2 is 0.966 bits per heavy atom. The second-order valence-electron chi connectivity index (χ2n) is 8.43. The topological polar surface area (TPSA) is 6.48 Å². The molecule has 0 aromatic heterocycles. The summed E-state index contributed by atoms with van der Waals surface area (Å²) in [6, 6.07) is 18.4. The molecular weight excluding hydrogens is 352 g/mol. The molecule has 0 fully saturated rings. The molecule has 0 spiro atoms. The minimum Gasteiger partial charge on any atom is -0.304 e. The maximum atomic E-state index is 2.57. The van der Waals surface area contributed by atoms with Gasteiger partial charge >= 0.3 is 0 Å². The van der Waals surface area contributed by atoms with E-state index in [0.717, 1.165) is 26.2 Å². The van der Waals surface area contributed by atoms with Crippen molar-refractivity contribution in [2.45, 2.75) is 58.8 Å². The van der Waals surface area contributed by atoms with Crippen LogP contribution in [0.5, 0.6) is 0 Å². The summed E-state index contributed by atoms with van der Waals surface area (Å²) < 4.78 is 0. The molecule has 2 nitrogen and oxygen atoms in total. The Morgan fingerprint density at radius 1 is 0.586 bits per heavy atom. The third kappa shape index (κ3) is 4.59. The number of nitrogens with zero attached hydrogens (tertiary/aromatic N) is 2. The summed E-state index contributed by atoms with van der Waals surface area (Å²) in [5.74, 6) is 0. The summed E-state index contributed by atoms with van der Waals surface area (Å²) in [6.45, 7) is 16.1. The minimum atomic E-state index is 0.174. The molecule has 2 heteroatoms. The smallest absolute Gasteiger partial charge is 0.0216 e. The Bertz CT molecular complexity index is 693. The average molecular weight is 393 g/mol. The SMILES string of the molecule is CCN(CC)CCCC1(CCCN(CC)CC)c2ccccc2-c2ccccc21. The van der Waals surface area contributed by atoms with E-state index in [1.807, 2.05) is 0 Å². The van der Waals surface area contributed by atoms with E-state index in [2.05, 4.69) is 86.0 Å². The lowest BCUT2D eigenvalue weighted by molar-refractivity contribution is 0.265. The first-order valence-electron chi connectivity index (χ1n) is 11.8. The first kappa shape index (κ1) is 22.1. The first-order chi connectivity index (χ1) is 14.2. The van der Waals surface area contributed by atoms with Crippen LogP contribution in [0.4, 0.5) is 0 Å². The van der Waals surface area contributed by atoms with Crippen LogP contribution in [0.25, 0.3) is 11.1 Å². The summed E-state index contributed by atoms with van der Waals surface area (Å²) in [5, 5.41) is 0. The van der Waals surface area contributed by atoms with Gasteiger partial charge in [-0.05, 0) is 87.2 Å². The van der Waals surface area contributed by atoms with E-state index in [0.29, 0.717) is 0 Å². The van der Waals surface area contributed by atoms with Gasteiger partial charge in [0.25, 0.3) is 0 Å². The zero-order valence-corrected chi connectivity index (χ0v) is 19.1. The van der Waals surface area contributed by atoms with Gasteiger partial charge in [0.15, 0.2) is 0 Å². The largest absolute Gasteiger partial charge is 0.304 e. The summed E-state index contributed by atoms with van der Waals surface area (Å²) in [5.41, 5.74) is 6.25. The Labute approximate surface area is 178 Å². The molecule has 0 radical (unpaired) electrons. The molecule has 1 aliphatic carbocycles. The predicted octanol–water partition coefficient (Wildman–Crippen LogP) is 6.20. The Balaban J connectivity index is 1.90. The summed E-state index contributed by atoms with van der Waals surface area (Å²) >= 11 is 0. The van der Waals surface area contributed by atoms with Crippen LogP contribution in [0.15, 0.2) is 48.5 Å². The van der Waals surface area contributed by atoms with E-state index in [4.69, 9.17) is 0 Å². The van der Waals surface area contributed by atoms with Crippen LogP contribution in [-0.4, -0.2) is 49.1 Å². The number of fused-ring (bicyclic) bond motifs is 3. The number of hydrogen-bond donors (Lipinski definition) is 0. The fourth-order valence-corrected chi connectivity index (χ4v) is 5.37. The van der Waals surface area contributed by atoms with Gasteiger partial charge in [-0.2, -0.15) is 0 Å². The Hall–Kier alpha value is -1.64. The van der Waals surface area contributed by atoms with Crippen molar-refractivity contribution in [2.75, 3.05) is 39.3 Å². The van der Waals surface area contributed by atoms with Crippen molar-refractivity contribution >= 4 is 0 Å². The molecule has 29 heavy (non-hydrogen) atoms. The van der Waals surface area contributed by atoms with Gasteiger partial charge in [0, 0.05) is 5.41 Å². The third-order valence-electron chi connectivity index (χ3n) is 7.12. The van der Waals surface area contributed by atoms with Gasteiger partial charge in [-0.25, -0.2) is 0 Å². The van der Waals surface area contributed by atoms with Gasteiger partial charge in [-0.15, -0.1) is 0 Å². The highest BCUT2D eigenvalue weighted by atomic mass is 15.1. The maximum absolute atomic E-state index is 2.57.